The highest BCUT2D eigenvalue weighted by Crippen LogP contribution is 2.19. The van der Waals surface area contributed by atoms with Gasteiger partial charge in [0.2, 0.25) is 0 Å². The van der Waals surface area contributed by atoms with Crippen molar-refractivity contribution in [3.05, 3.63) is 58.6 Å². The van der Waals surface area contributed by atoms with Crippen LogP contribution in [-0.2, 0) is 14.3 Å². The molecule has 26 heavy (non-hydrogen) atoms. The van der Waals surface area contributed by atoms with Gasteiger partial charge >= 0.3 is 5.97 Å². The SMILES string of the molecule is Cc1cccc(NC(=O)[C@H](C)OC(=O)[C@@H](C)Oc2ccc(Cl)cc2)c1C. The number of hydrogen-bond acceptors (Lipinski definition) is 4. The quantitative estimate of drug-likeness (QED) is 0.765. The van der Waals surface area contributed by atoms with Crippen LogP contribution < -0.4 is 10.1 Å². The van der Waals surface area contributed by atoms with Gasteiger partial charge in [-0.1, -0.05) is 23.7 Å². The summed E-state index contributed by atoms with van der Waals surface area (Å²) in [6, 6.07) is 12.3. The summed E-state index contributed by atoms with van der Waals surface area (Å²) in [7, 11) is 0. The van der Waals surface area contributed by atoms with Crippen LogP contribution in [-0.4, -0.2) is 24.1 Å². The molecule has 2 aromatic carbocycles. The molecule has 0 bridgehead atoms. The lowest BCUT2D eigenvalue weighted by atomic mass is 10.1. The first-order valence-corrected chi connectivity index (χ1v) is 8.65. The van der Waals surface area contributed by atoms with Gasteiger partial charge in [0, 0.05) is 10.7 Å². The largest absolute Gasteiger partial charge is 0.479 e. The van der Waals surface area contributed by atoms with Gasteiger partial charge in [-0.3, -0.25) is 4.79 Å². The lowest BCUT2D eigenvalue weighted by molar-refractivity contribution is -0.159. The minimum Gasteiger partial charge on any atom is -0.479 e. The average Bonchev–Trinajstić information content (AvgIpc) is 2.60. The van der Waals surface area contributed by atoms with Crippen molar-refractivity contribution in [3.8, 4) is 5.75 Å². The number of hydrogen-bond donors (Lipinski definition) is 1. The normalized spacial score (nSPS) is 12.8. The van der Waals surface area contributed by atoms with E-state index in [0.717, 1.165) is 11.1 Å². The van der Waals surface area contributed by atoms with E-state index in [0.29, 0.717) is 16.5 Å². The molecule has 6 heteroatoms. The Balaban J connectivity index is 1.91. The second kappa shape index (κ2) is 8.72. The molecule has 1 amide bonds. The molecule has 138 valence electrons. The van der Waals surface area contributed by atoms with Gasteiger partial charge < -0.3 is 14.8 Å². The Bertz CT molecular complexity index is 789. The van der Waals surface area contributed by atoms with Crippen LogP contribution in [0.2, 0.25) is 5.02 Å². The molecule has 5 nitrogen and oxygen atoms in total. The van der Waals surface area contributed by atoms with E-state index < -0.39 is 24.1 Å². The number of halogens is 1. The molecule has 0 unspecified atom stereocenters. The van der Waals surface area contributed by atoms with Gasteiger partial charge in [0.25, 0.3) is 5.91 Å². The van der Waals surface area contributed by atoms with Crippen LogP contribution in [0.15, 0.2) is 42.5 Å². The van der Waals surface area contributed by atoms with Crippen LogP contribution in [0.5, 0.6) is 5.75 Å². The highest BCUT2D eigenvalue weighted by atomic mass is 35.5. The van der Waals surface area contributed by atoms with E-state index in [9.17, 15) is 9.59 Å². The lowest BCUT2D eigenvalue weighted by Gasteiger charge is -2.18. The standard InChI is InChI=1S/C20H22ClNO4/c1-12-6-5-7-18(13(12)2)22-19(23)14(3)26-20(24)15(4)25-17-10-8-16(21)9-11-17/h5-11,14-15H,1-4H3,(H,22,23)/t14-,15+/m0/s1. The summed E-state index contributed by atoms with van der Waals surface area (Å²) in [6.45, 7) is 6.97. The first-order chi connectivity index (χ1) is 12.3. The third-order valence-corrected chi connectivity index (χ3v) is 4.24. The molecule has 0 fully saturated rings. The molecule has 0 saturated carbocycles. The Morgan fingerprint density at radius 3 is 2.31 bits per heavy atom. The molecule has 2 aromatic rings. The van der Waals surface area contributed by atoms with E-state index in [2.05, 4.69) is 5.32 Å². The molecule has 1 N–H and O–H groups in total. The maximum absolute atomic E-state index is 12.3. The monoisotopic (exact) mass is 375 g/mol. The predicted molar refractivity (Wildman–Crippen MR) is 102 cm³/mol. The van der Waals surface area contributed by atoms with Crippen LogP contribution in [0.1, 0.15) is 25.0 Å². The number of benzene rings is 2. The van der Waals surface area contributed by atoms with Crippen molar-refractivity contribution in [1.29, 1.82) is 0 Å². The molecule has 0 aliphatic heterocycles. The maximum atomic E-state index is 12.3. The van der Waals surface area contributed by atoms with Gasteiger partial charge in [-0.25, -0.2) is 4.79 Å². The van der Waals surface area contributed by atoms with E-state index in [1.807, 2.05) is 26.0 Å². The third kappa shape index (κ3) is 5.23. The summed E-state index contributed by atoms with van der Waals surface area (Å²) in [6.07, 6.45) is -1.80. The molecule has 0 saturated heterocycles. The number of carbonyl (C=O) groups excluding carboxylic acids is 2. The Hall–Kier alpha value is -2.53. The van der Waals surface area contributed by atoms with Crippen molar-refractivity contribution in [1.82, 2.24) is 0 Å². The van der Waals surface area contributed by atoms with Crippen molar-refractivity contribution >= 4 is 29.2 Å². The molecule has 0 heterocycles. The number of rotatable bonds is 6. The Morgan fingerprint density at radius 2 is 1.65 bits per heavy atom. The fourth-order valence-corrected chi connectivity index (χ4v) is 2.34. The van der Waals surface area contributed by atoms with Gasteiger partial charge in [0.05, 0.1) is 0 Å². The lowest BCUT2D eigenvalue weighted by Crippen LogP contribution is -2.35. The third-order valence-electron chi connectivity index (χ3n) is 3.98. The number of anilines is 1. The van der Waals surface area contributed by atoms with Crippen molar-refractivity contribution in [3.63, 3.8) is 0 Å². The minimum atomic E-state index is -0.946. The number of nitrogens with one attached hydrogen (secondary N) is 1. The van der Waals surface area contributed by atoms with Crippen LogP contribution in [0.4, 0.5) is 5.69 Å². The first kappa shape index (κ1) is 19.8. The van der Waals surface area contributed by atoms with Crippen molar-refractivity contribution in [2.75, 3.05) is 5.32 Å². The molecule has 0 aliphatic carbocycles. The molecule has 2 atom stereocenters. The summed E-state index contributed by atoms with van der Waals surface area (Å²) in [5.41, 5.74) is 2.74. The zero-order valence-corrected chi connectivity index (χ0v) is 16.0. The Labute approximate surface area is 158 Å². The topological polar surface area (TPSA) is 64.6 Å². The summed E-state index contributed by atoms with van der Waals surface area (Å²) in [4.78, 5) is 24.4. The molecular formula is C20H22ClNO4. The van der Waals surface area contributed by atoms with E-state index >= 15 is 0 Å². The average molecular weight is 376 g/mol. The number of esters is 1. The van der Waals surface area contributed by atoms with Gasteiger partial charge in [0.15, 0.2) is 12.2 Å². The van der Waals surface area contributed by atoms with E-state index in [1.54, 1.807) is 37.3 Å². The summed E-state index contributed by atoms with van der Waals surface area (Å²) < 4.78 is 10.7. The fourth-order valence-electron chi connectivity index (χ4n) is 2.21. The molecule has 0 aliphatic rings. The van der Waals surface area contributed by atoms with Gasteiger partial charge in [-0.15, -0.1) is 0 Å². The Morgan fingerprint density at radius 1 is 1.00 bits per heavy atom. The van der Waals surface area contributed by atoms with Crippen molar-refractivity contribution < 1.29 is 19.1 Å². The molecule has 0 radical (unpaired) electrons. The fraction of sp³-hybridized carbons (Fsp3) is 0.300. The second-order valence-corrected chi connectivity index (χ2v) is 6.47. The maximum Gasteiger partial charge on any atom is 0.347 e. The van der Waals surface area contributed by atoms with Crippen molar-refractivity contribution in [2.24, 2.45) is 0 Å². The van der Waals surface area contributed by atoms with E-state index in [4.69, 9.17) is 21.1 Å². The van der Waals surface area contributed by atoms with Crippen LogP contribution in [0.3, 0.4) is 0 Å². The van der Waals surface area contributed by atoms with Crippen LogP contribution in [0, 0.1) is 13.8 Å². The van der Waals surface area contributed by atoms with E-state index in [1.165, 1.54) is 6.92 Å². The summed E-state index contributed by atoms with van der Waals surface area (Å²) >= 11 is 5.81. The highest BCUT2D eigenvalue weighted by Gasteiger charge is 2.23. The molecule has 2 rings (SSSR count). The van der Waals surface area contributed by atoms with E-state index in [-0.39, 0.29) is 0 Å². The highest BCUT2D eigenvalue weighted by molar-refractivity contribution is 6.30. The Kier molecular flexibility index (Phi) is 6.64. The van der Waals surface area contributed by atoms with Crippen LogP contribution in [0.25, 0.3) is 0 Å². The number of amides is 1. The minimum absolute atomic E-state index is 0.397. The molecular weight excluding hydrogens is 354 g/mol. The molecule has 0 aromatic heterocycles. The van der Waals surface area contributed by atoms with Gasteiger partial charge in [-0.05, 0) is 69.2 Å². The smallest absolute Gasteiger partial charge is 0.347 e. The van der Waals surface area contributed by atoms with Crippen molar-refractivity contribution in [2.45, 2.75) is 39.9 Å². The predicted octanol–water partition coefficient (Wildman–Crippen LogP) is 4.29. The summed E-state index contributed by atoms with van der Waals surface area (Å²) in [5, 5.41) is 3.35. The number of carbonyl (C=O) groups is 2. The zero-order valence-electron chi connectivity index (χ0n) is 15.2. The number of aryl methyl sites for hydroxylation is 1. The molecule has 0 spiro atoms. The number of ether oxygens (including phenoxy) is 2. The second-order valence-electron chi connectivity index (χ2n) is 6.03. The van der Waals surface area contributed by atoms with Gasteiger partial charge in [-0.2, -0.15) is 0 Å². The summed E-state index contributed by atoms with van der Waals surface area (Å²) in [5.74, 6) is -0.527. The van der Waals surface area contributed by atoms with Gasteiger partial charge in [0.1, 0.15) is 5.75 Å². The first-order valence-electron chi connectivity index (χ1n) is 8.27. The van der Waals surface area contributed by atoms with Crippen LogP contribution >= 0.6 is 11.6 Å². The zero-order chi connectivity index (χ0) is 19.3.